The van der Waals surface area contributed by atoms with Gasteiger partial charge in [0.2, 0.25) is 6.79 Å². The van der Waals surface area contributed by atoms with Crippen molar-refractivity contribution in [3.63, 3.8) is 0 Å². The predicted octanol–water partition coefficient (Wildman–Crippen LogP) is 1.45. The average Bonchev–Trinajstić information content (AvgIpc) is 2.89. The Hall–Kier alpha value is -1.30. The maximum Gasteiger partial charge on any atom is 0.231 e. The highest BCUT2D eigenvalue weighted by atomic mass is 16.7. The van der Waals surface area contributed by atoms with Gasteiger partial charge in [-0.05, 0) is 30.0 Å². The van der Waals surface area contributed by atoms with E-state index in [4.69, 9.17) is 9.47 Å². The van der Waals surface area contributed by atoms with Crippen molar-refractivity contribution in [1.29, 1.82) is 0 Å². The topological polar surface area (TPSA) is 71.0 Å². The second-order valence-electron chi connectivity index (χ2n) is 5.55. The van der Waals surface area contributed by atoms with Crippen molar-refractivity contribution in [1.82, 2.24) is 5.32 Å². The molecule has 0 spiro atoms. The molecule has 1 aromatic carbocycles. The molecule has 1 aliphatic heterocycles. The van der Waals surface area contributed by atoms with Crippen LogP contribution in [0.5, 0.6) is 11.5 Å². The number of aliphatic hydroxyl groups excluding tert-OH is 2. The molecule has 2 unspecified atom stereocenters. The normalized spacial score (nSPS) is 16.4. The third-order valence-electron chi connectivity index (χ3n) is 3.36. The Morgan fingerprint density at radius 3 is 2.70 bits per heavy atom. The molecule has 2 rings (SSSR count). The molecule has 0 radical (unpaired) electrons. The Morgan fingerprint density at radius 1 is 1.25 bits per heavy atom. The second kappa shape index (κ2) is 6.92. The molecule has 0 aliphatic carbocycles. The smallest absolute Gasteiger partial charge is 0.231 e. The van der Waals surface area contributed by atoms with Crippen LogP contribution in [0.15, 0.2) is 18.2 Å². The van der Waals surface area contributed by atoms with E-state index in [1.54, 1.807) is 12.1 Å². The van der Waals surface area contributed by atoms with Gasteiger partial charge in [-0.2, -0.15) is 0 Å². The predicted molar refractivity (Wildman–Crippen MR) is 75.9 cm³/mol. The SMILES string of the molecule is CC(C)CC(CO)NCC(O)c1ccc2c(c1)OCO2. The molecule has 1 aromatic rings. The van der Waals surface area contributed by atoms with E-state index in [0.29, 0.717) is 24.0 Å². The standard InChI is InChI=1S/C15H23NO4/c1-10(2)5-12(8-17)16-7-13(18)11-3-4-14-15(6-11)20-9-19-14/h3-4,6,10,12-13,16-18H,5,7-9H2,1-2H3. The maximum atomic E-state index is 10.2. The molecule has 0 saturated carbocycles. The summed E-state index contributed by atoms with van der Waals surface area (Å²) in [4.78, 5) is 0. The quantitative estimate of drug-likeness (QED) is 0.705. The summed E-state index contributed by atoms with van der Waals surface area (Å²) in [5.74, 6) is 1.88. The second-order valence-corrected chi connectivity index (χ2v) is 5.55. The number of hydrogen-bond donors (Lipinski definition) is 3. The average molecular weight is 281 g/mol. The molecular weight excluding hydrogens is 258 g/mol. The fourth-order valence-electron chi connectivity index (χ4n) is 2.31. The number of benzene rings is 1. The Labute approximate surface area is 119 Å². The Kier molecular flexibility index (Phi) is 5.23. The van der Waals surface area contributed by atoms with E-state index in [2.05, 4.69) is 19.2 Å². The van der Waals surface area contributed by atoms with Crippen molar-refractivity contribution in [3.8, 4) is 11.5 Å². The number of fused-ring (bicyclic) bond motifs is 1. The molecular formula is C15H23NO4. The van der Waals surface area contributed by atoms with Crippen LogP contribution in [-0.2, 0) is 0 Å². The van der Waals surface area contributed by atoms with Crippen LogP contribution in [-0.4, -0.2) is 36.2 Å². The van der Waals surface area contributed by atoms with Crippen molar-refractivity contribution < 1.29 is 19.7 Å². The summed E-state index contributed by atoms with van der Waals surface area (Å²) in [5, 5.41) is 22.7. The molecule has 2 atom stereocenters. The van der Waals surface area contributed by atoms with Gasteiger partial charge in [0.1, 0.15) is 0 Å². The number of aliphatic hydroxyl groups is 2. The van der Waals surface area contributed by atoms with Gasteiger partial charge in [-0.3, -0.25) is 0 Å². The van der Waals surface area contributed by atoms with E-state index in [-0.39, 0.29) is 19.4 Å². The van der Waals surface area contributed by atoms with Crippen molar-refractivity contribution in [2.45, 2.75) is 32.4 Å². The van der Waals surface area contributed by atoms with Crippen LogP contribution in [0.2, 0.25) is 0 Å². The fourth-order valence-corrected chi connectivity index (χ4v) is 2.31. The van der Waals surface area contributed by atoms with Crippen LogP contribution in [0.25, 0.3) is 0 Å². The highest BCUT2D eigenvalue weighted by Crippen LogP contribution is 2.34. The number of hydrogen-bond acceptors (Lipinski definition) is 5. The van der Waals surface area contributed by atoms with Gasteiger partial charge < -0.3 is 25.0 Å². The Balaban J connectivity index is 1.89. The highest BCUT2D eigenvalue weighted by molar-refractivity contribution is 5.45. The van der Waals surface area contributed by atoms with E-state index < -0.39 is 6.10 Å². The fraction of sp³-hybridized carbons (Fsp3) is 0.600. The van der Waals surface area contributed by atoms with Gasteiger partial charge in [0.25, 0.3) is 0 Å². The van der Waals surface area contributed by atoms with Gasteiger partial charge >= 0.3 is 0 Å². The Morgan fingerprint density at radius 2 is 2.00 bits per heavy atom. The van der Waals surface area contributed by atoms with Gasteiger partial charge in [-0.15, -0.1) is 0 Å². The molecule has 112 valence electrons. The largest absolute Gasteiger partial charge is 0.454 e. The van der Waals surface area contributed by atoms with Crippen molar-refractivity contribution in [2.75, 3.05) is 19.9 Å². The zero-order valence-corrected chi connectivity index (χ0v) is 12.0. The van der Waals surface area contributed by atoms with Gasteiger partial charge in [0.05, 0.1) is 12.7 Å². The van der Waals surface area contributed by atoms with Gasteiger partial charge in [-0.1, -0.05) is 19.9 Å². The van der Waals surface area contributed by atoms with Crippen LogP contribution >= 0.6 is 0 Å². The van der Waals surface area contributed by atoms with E-state index in [0.717, 1.165) is 12.0 Å². The minimum Gasteiger partial charge on any atom is -0.454 e. The third-order valence-corrected chi connectivity index (χ3v) is 3.36. The number of rotatable bonds is 7. The first kappa shape index (κ1) is 15.1. The summed E-state index contributed by atoms with van der Waals surface area (Å²) in [6.45, 7) is 4.93. The molecule has 5 nitrogen and oxygen atoms in total. The molecule has 20 heavy (non-hydrogen) atoms. The first-order valence-electron chi connectivity index (χ1n) is 7.02. The molecule has 0 saturated heterocycles. The summed E-state index contributed by atoms with van der Waals surface area (Å²) < 4.78 is 10.5. The van der Waals surface area contributed by atoms with E-state index >= 15 is 0 Å². The Bertz CT molecular complexity index is 436. The molecule has 5 heteroatoms. The van der Waals surface area contributed by atoms with Crippen LogP contribution in [0.4, 0.5) is 0 Å². The number of nitrogens with one attached hydrogen (secondary N) is 1. The van der Waals surface area contributed by atoms with Crippen molar-refractivity contribution >= 4 is 0 Å². The van der Waals surface area contributed by atoms with Crippen molar-refractivity contribution in [2.24, 2.45) is 5.92 Å². The lowest BCUT2D eigenvalue weighted by molar-refractivity contribution is 0.153. The molecule has 0 aromatic heterocycles. The summed E-state index contributed by atoms with van der Waals surface area (Å²) in [7, 11) is 0. The summed E-state index contributed by atoms with van der Waals surface area (Å²) in [6, 6.07) is 5.44. The molecule has 0 fully saturated rings. The van der Waals surface area contributed by atoms with Crippen molar-refractivity contribution in [3.05, 3.63) is 23.8 Å². The maximum absolute atomic E-state index is 10.2. The zero-order valence-electron chi connectivity index (χ0n) is 12.0. The first-order chi connectivity index (χ1) is 9.60. The van der Waals surface area contributed by atoms with Crippen LogP contribution in [0.1, 0.15) is 31.9 Å². The molecule has 0 bridgehead atoms. The lowest BCUT2D eigenvalue weighted by Crippen LogP contribution is -2.36. The summed E-state index contributed by atoms with van der Waals surface area (Å²) in [6.07, 6.45) is 0.246. The third kappa shape index (κ3) is 3.85. The van der Waals surface area contributed by atoms with E-state index in [1.807, 2.05) is 6.07 Å². The summed E-state index contributed by atoms with van der Waals surface area (Å²) in [5.41, 5.74) is 0.781. The lowest BCUT2D eigenvalue weighted by atomic mass is 10.0. The van der Waals surface area contributed by atoms with Gasteiger partial charge in [0.15, 0.2) is 11.5 Å². The molecule has 1 heterocycles. The van der Waals surface area contributed by atoms with Gasteiger partial charge in [0, 0.05) is 12.6 Å². The minimum absolute atomic E-state index is 0.0126. The van der Waals surface area contributed by atoms with E-state index in [1.165, 1.54) is 0 Å². The molecule has 0 amide bonds. The monoisotopic (exact) mass is 281 g/mol. The highest BCUT2D eigenvalue weighted by Gasteiger charge is 2.17. The molecule has 1 aliphatic rings. The first-order valence-corrected chi connectivity index (χ1v) is 7.02. The van der Waals surface area contributed by atoms with Crippen LogP contribution < -0.4 is 14.8 Å². The van der Waals surface area contributed by atoms with Gasteiger partial charge in [-0.25, -0.2) is 0 Å². The van der Waals surface area contributed by atoms with Crippen LogP contribution in [0.3, 0.4) is 0 Å². The lowest BCUT2D eigenvalue weighted by Gasteiger charge is -2.20. The summed E-state index contributed by atoms with van der Waals surface area (Å²) >= 11 is 0. The molecule has 3 N–H and O–H groups in total. The zero-order chi connectivity index (χ0) is 14.5. The van der Waals surface area contributed by atoms with Crippen LogP contribution in [0, 0.1) is 5.92 Å². The number of ether oxygens (including phenoxy) is 2. The minimum atomic E-state index is -0.634. The van der Waals surface area contributed by atoms with E-state index in [9.17, 15) is 10.2 Å².